The van der Waals surface area contributed by atoms with Crippen LogP contribution in [0.25, 0.3) is 0 Å². The molecule has 0 saturated heterocycles. The highest BCUT2D eigenvalue weighted by Gasteiger charge is 2.28. The van der Waals surface area contributed by atoms with E-state index in [1.807, 2.05) is 0 Å². The molecule has 4 N–H and O–H groups in total. The monoisotopic (exact) mass is 896 g/mol. The quantitative estimate of drug-likeness (QED) is 0.0230. The third kappa shape index (κ3) is 44.1. The second-order valence-corrected chi connectivity index (χ2v) is 18.0. The summed E-state index contributed by atoms with van der Waals surface area (Å²) in [5.74, 6) is -2.40. The van der Waals surface area contributed by atoms with Gasteiger partial charge in [0, 0.05) is 12.8 Å². The van der Waals surface area contributed by atoms with Crippen molar-refractivity contribution in [3.8, 4) is 0 Å². The Hall–Kier alpha value is -2.56. The molecule has 12 heteroatoms. The van der Waals surface area contributed by atoms with Gasteiger partial charge in [-0.1, -0.05) is 178 Å². The molecule has 0 bridgehead atoms. The van der Waals surface area contributed by atoms with Gasteiger partial charge in [-0.15, -0.1) is 0 Å². The largest absolute Gasteiger partial charge is 0.480 e. The van der Waals surface area contributed by atoms with E-state index in [4.69, 9.17) is 24.8 Å². The van der Waals surface area contributed by atoms with Gasteiger partial charge in [-0.25, -0.2) is 4.57 Å². The average molecular weight is 896 g/mol. The molecule has 0 radical (unpaired) electrons. The zero-order valence-electron chi connectivity index (χ0n) is 39.2. The lowest BCUT2D eigenvalue weighted by Gasteiger charge is -2.20. The fraction of sp³-hybridized carbons (Fsp3) is 0.780. The molecule has 0 aromatic carbocycles. The first-order valence-electron chi connectivity index (χ1n) is 24.7. The molecule has 3 atom stereocenters. The van der Waals surface area contributed by atoms with Gasteiger partial charge >= 0.3 is 25.7 Å². The summed E-state index contributed by atoms with van der Waals surface area (Å²) in [6.45, 7) is 2.77. The van der Waals surface area contributed by atoms with Crippen molar-refractivity contribution in [2.24, 2.45) is 5.73 Å². The van der Waals surface area contributed by atoms with Gasteiger partial charge in [-0.2, -0.15) is 0 Å². The molecule has 0 amide bonds. The number of carboxylic acids is 1. The molecule has 0 fully saturated rings. The molecule has 62 heavy (non-hydrogen) atoms. The van der Waals surface area contributed by atoms with E-state index < -0.39 is 51.1 Å². The first kappa shape index (κ1) is 59.4. The third-order valence-corrected chi connectivity index (χ3v) is 11.5. The SMILES string of the molecule is CCCCC/C=C\C/C=C\C/C=C\CCCCCCC(=O)O[C@H](COC(=O)CCCCCCCCCCCCC/C=C\CCCCCCCC)COP(=O)(O)OC[C@H](N)C(=O)O. The van der Waals surface area contributed by atoms with Crippen LogP contribution in [0.3, 0.4) is 0 Å². The lowest BCUT2D eigenvalue weighted by atomic mass is 10.0. The van der Waals surface area contributed by atoms with Crippen molar-refractivity contribution in [1.82, 2.24) is 0 Å². The maximum absolute atomic E-state index is 12.7. The summed E-state index contributed by atoms with van der Waals surface area (Å²) in [4.78, 5) is 46.1. The van der Waals surface area contributed by atoms with E-state index in [1.165, 1.54) is 116 Å². The summed E-state index contributed by atoms with van der Waals surface area (Å²) < 4.78 is 32.8. The summed E-state index contributed by atoms with van der Waals surface area (Å²) in [6, 6.07) is -1.53. The minimum Gasteiger partial charge on any atom is -0.480 e. The molecule has 360 valence electrons. The van der Waals surface area contributed by atoms with Crippen LogP contribution in [-0.2, 0) is 37.5 Å². The minimum atomic E-state index is -4.73. The van der Waals surface area contributed by atoms with Crippen LogP contribution in [0.1, 0.15) is 219 Å². The van der Waals surface area contributed by atoms with Crippen molar-refractivity contribution in [3.63, 3.8) is 0 Å². The van der Waals surface area contributed by atoms with Crippen LogP contribution >= 0.6 is 7.82 Å². The zero-order valence-corrected chi connectivity index (χ0v) is 40.1. The third-order valence-electron chi connectivity index (χ3n) is 10.5. The van der Waals surface area contributed by atoms with Gasteiger partial charge in [0.2, 0.25) is 0 Å². The average Bonchev–Trinajstić information content (AvgIpc) is 3.25. The molecule has 11 nitrogen and oxygen atoms in total. The van der Waals surface area contributed by atoms with Crippen LogP contribution in [0, 0.1) is 0 Å². The molecule has 0 heterocycles. The molecule has 0 aromatic heterocycles. The number of hydrogen-bond acceptors (Lipinski definition) is 9. The first-order valence-corrected chi connectivity index (χ1v) is 26.2. The Bertz CT molecular complexity index is 1240. The summed E-state index contributed by atoms with van der Waals surface area (Å²) >= 11 is 0. The number of carbonyl (C=O) groups is 3. The molecule has 0 aliphatic heterocycles. The minimum absolute atomic E-state index is 0.135. The number of unbranched alkanes of at least 4 members (excludes halogenated alkanes) is 24. The normalized spacial score (nSPS) is 14.0. The number of phosphoric ester groups is 1. The number of esters is 2. The van der Waals surface area contributed by atoms with Crippen LogP contribution in [0.4, 0.5) is 0 Å². The van der Waals surface area contributed by atoms with Crippen LogP contribution in [0.15, 0.2) is 48.6 Å². The smallest absolute Gasteiger partial charge is 0.472 e. The summed E-state index contributed by atoms with van der Waals surface area (Å²) in [7, 11) is -4.73. The van der Waals surface area contributed by atoms with Crippen LogP contribution < -0.4 is 5.73 Å². The van der Waals surface area contributed by atoms with E-state index in [0.29, 0.717) is 12.8 Å². The molecule has 0 rings (SSSR count). The molecular formula is C50H90NO10P. The summed E-state index contributed by atoms with van der Waals surface area (Å²) in [5, 5.41) is 8.91. The predicted molar refractivity (Wildman–Crippen MR) is 254 cm³/mol. The van der Waals surface area contributed by atoms with Crippen molar-refractivity contribution in [2.75, 3.05) is 19.8 Å². The second-order valence-electron chi connectivity index (χ2n) is 16.6. The topological polar surface area (TPSA) is 172 Å². The lowest BCUT2D eigenvalue weighted by Crippen LogP contribution is -2.34. The van der Waals surface area contributed by atoms with Gasteiger partial charge in [0.25, 0.3) is 0 Å². The highest BCUT2D eigenvalue weighted by molar-refractivity contribution is 7.47. The number of rotatable bonds is 46. The number of hydrogen-bond donors (Lipinski definition) is 3. The van der Waals surface area contributed by atoms with Crippen molar-refractivity contribution >= 4 is 25.7 Å². The number of phosphoric acid groups is 1. The molecule has 1 unspecified atom stereocenters. The fourth-order valence-corrected chi connectivity index (χ4v) is 7.43. The van der Waals surface area contributed by atoms with Gasteiger partial charge in [0.05, 0.1) is 13.2 Å². The number of carboxylic acid groups (broad SMARTS) is 1. The van der Waals surface area contributed by atoms with E-state index in [9.17, 15) is 23.8 Å². The van der Waals surface area contributed by atoms with E-state index in [2.05, 4.69) is 67.0 Å². The van der Waals surface area contributed by atoms with Crippen LogP contribution in [0.2, 0.25) is 0 Å². The molecular weight excluding hydrogens is 806 g/mol. The Labute approximate surface area is 377 Å². The van der Waals surface area contributed by atoms with E-state index in [-0.39, 0.29) is 19.4 Å². The van der Waals surface area contributed by atoms with E-state index in [0.717, 1.165) is 64.2 Å². The standard InChI is InChI=1S/C50H90NO10P/c1-3-5-7-9-11-13-15-17-19-21-22-23-24-26-27-29-31-33-35-37-39-41-48(52)58-43-46(44-59-62(56,57)60-45-47(51)50(54)55)61-49(53)42-40-38-36-34-32-30-28-25-20-18-16-14-12-10-8-6-4-2/h12,14,17-20,28,30,46-47H,3-11,13,15-16,21-27,29,31-45,51H2,1-2H3,(H,54,55)(H,56,57)/b14-12-,19-17-,20-18-,30-28-/t46-,47+/m1/s1. The Kier molecular flexibility index (Phi) is 43.2. The predicted octanol–water partition coefficient (Wildman–Crippen LogP) is 13.7. The number of aliphatic carboxylic acids is 1. The maximum atomic E-state index is 12.7. The van der Waals surface area contributed by atoms with Crippen molar-refractivity contribution < 1.29 is 47.5 Å². The number of nitrogens with two attached hydrogens (primary N) is 1. The molecule has 0 aliphatic carbocycles. The van der Waals surface area contributed by atoms with Gasteiger partial charge in [-0.05, 0) is 77.0 Å². The molecule has 0 aliphatic rings. The highest BCUT2D eigenvalue weighted by Crippen LogP contribution is 2.43. The Morgan fingerprint density at radius 2 is 0.855 bits per heavy atom. The summed E-state index contributed by atoms with van der Waals surface area (Å²) in [5.41, 5.74) is 5.34. The number of ether oxygens (including phenoxy) is 2. The van der Waals surface area contributed by atoms with Gasteiger partial charge in [0.1, 0.15) is 12.6 Å². The van der Waals surface area contributed by atoms with Crippen LogP contribution in [-0.4, -0.2) is 59.9 Å². The van der Waals surface area contributed by atoms with Gasteiger partial charge < -0.3 is 25.2 Å². The number of allylic oxidation sites excluding steroid dienone is 8. The fourth-order valence-electron chi connectivity index (χ4n) is 6.66. The van der Waals surface area contributed by atoms with Crippen molar-refractivity contribution in [2.45, 2.75) is 231 Å². The highest BCUT2D eigenvalue weighted by atomic mass is 31.2. The first-order chi connectivity index (χ1) is 30.1. The van der Waals surface area contributed by atoms with Crippen LogP contribution in [0.5, 0.6) is 0 Å². The maximum Gasteiger partial charge on any atom is 0.472 e. The Balaban J connectivity index is 4.29. The lowest BCUT2D eigenvalue weighted by molar-refractivity contribution is -0.161. The molecule has 0 saturated carbocycles. The molecule has 0 spiro atoms. The van der Waals surface area contributed by atoms with Crippen molar-refractivity contribution in [1.29, 1.82) is 0 Å². The zero-order chi connectivity index (χ0) is 45.6. The summed E-state index contributed by atoms with van der Waals surface area (Å²) in [6.07, 6.45) is 51.7. The van der Waals surface area contributed by atoms with Crippen molar-refractivity contribution in [3.05, 3.63) is 48.6 Å². The Morgan fingerprint density at radius 1 is 0.500 bits per heavy atom. The van der Waals surface area contributed by atoms with Gasteiger partial charge in [0.15, 0.2) is 6.10 Å². The van der Waals surface area contributed by atoms with Gasteiger partial charge in [-0.3, -0.25) is 23.4 Å². The van der Waals surface area contributed by atoms with E-state index in [1.54, 1.807) is 0 Å². The van der Waals surface area contributed by atoms with E-state index >= 15 is 0 Å². The second kappa shape index (κ2) is 45.0. The molecule has 0 aromatic rings. The Morgan fingerprint density at radius 3 is 1.32 bits per heavy atom. The number of carbonyl (C=O) groups excluding carboxylic acids is 2.